The molecule has 8 heteroatoms. The minimum Gasteiger partial charge on any atom is -0.493 e. The van der Waals surface area contributed by atoms with Gasteiger partial charge < -0.3 is 28.4 Å². The molecule has 0 saturated heterocycles. The van der Waals surface area contributed by atoms with Crippen LogP contribution in [-0.4, -0.2) is 46.3 Å². The average molecular weight is 428 g/mol. The Kier molecular flexibility index (Phi) is 6.69. The lowest BCUT2D eigenvalue weighted by Crippen LogP contribution is -2.15. The predicted octanol–water partition coefficient (Wildman–Crippen LogP) is 3.58. The van der Waals surface area contributed by atoms with E-state index < -0.39 is 5.97 Å². The predicted molar refractivity (Wildman–Crippen MR) is 112 cm³/mol. The molecule has 0 fully saturated rings. The van der Waals surface area contributed by atoms with Crippen LogP contribution >= 0.6 is 0 Å². The number of esters is 1. The van der Waals surface area contributed by atoms with E-state index in [9.17, 15) is 9.59 Å². The lowest BCUT2D eigenvalue weighted by atomic mass is 10.1. The molecule has 3 rings (SSSR count). The van der Waals surface area contributed by atoms with Gasteiger partial charge in [-0.05, 0) is 49.8 Å². The summed E-state index contributed by atoms with van der Waals surface area (Å²) in [6.45, 7) is 3.53. The molecule has 0 radical (unpaired) electrons. The van der Waals surface area contributed by atoms with Crippen LogP contribution in [0.2, 0.25) is 0 Å². The molecular weight excluding hydrogens is 404 g/mol. The smallest absolute Gasteiger partial charge is 0.344 e. The van der Waals surface area contributed by atoms with Gasteiger partial charge >= 0.3 is 5.97 Å². The van der Waals surface area contributed by atoms with Crippen molar-refractivity contribution in [1.29, 1.82) is 0 Å². The van der Waals surface area contributed by atoms with Crippen LogP contribution in [0.1, 0.15) is 28.4 Å². The fourth-order valence-corrected chi connectivity index (χ4v) is 3.20. The number of ketones is 1. The molecule has 2 aromatic carbocycles. The summed E-state index contributed by atoms with van der Waals surface area (Å²) in [6, 6.07) is 6.68. The molecule has 8 nitrogen and oxygen atoms in total. The third-order valence-electron chi connectivity index (χ3n) is 4.67. The SMILES string of the molecule is CCOC(=O)COc1ccc2c(c1C)OC(=Cc1cc(OC)c(OC)c(OC)c1)C2=O. The van der Waals surface area contributed by atoms with E-state index in [1.807, 2.05) is 0 Å². The van der Waals surface area contributed by atoms with Gasteiger partial charge in [-0.2, -0.15) is 0 Å². The Bertz CT molecular complexity index is 1010. The van der Waals surface area contributed by atoms with Crippen molar-refractivity contribution in [3.8, 4) is 28.7 Å². The quantitative estimate of drug-likeness (QED) is 0.466. The van der Waals surface area contributed by atoms with Crippen LogP contribution in [-0.2, 0) is 9.53 Å². The van der Waals surface area contributed by atoms with Crippen LogP contribution in [0.15, 0.2) is 30.0 Å². The first-order valence-corrected chi connectivity index (χ1v) is 9.59. The highest BCUT2D eigenvalue weighted by molar-refractivity contribution is 6.15. The fourth-order valence-electron chi connectivity index (χ4n) is 3.20. The van der Waals surface area contributed by atoms with Crippen LogP contribution in [0.25, 0.3) is 6.08 Å². The first-order valence-electron chi connectivity index (χ1n) is 9.59. The number of rotatable bonds is 8. The maximum atomic E-state index is 12.9. The van der Waals surface area contributed by atoms with E-state index in [1.54, 1.807) is 44.2 Å². The number of fused-ring (bicyclic) bond motifs is 1. The van der Waals surface area contributed by atoms with Crippen molar-refractivity contribution in [1.82, 2.24) is 0 Å². The van der Waals surface area contributed by atoms with Crippen molar-refractivity contribution in [2.24, 2.45) is 0 Å². The number of allylic oxidation sites excluding steroid dienone is 1. The lowest BCUT2D eigenvalue weighted by molar-refractivity contribution is -0.145. The Morgan fingerprint density at radius 1 is 1.03 bits per heavy atom. The van der Waals surface area contributed by atoms with Crippen molar-refractivity contribution in [2.75, 3.05) is 34.5 Å². The number of methoxy groups -OCH3 is 3. The minimum atomic E-state index is -0.470. The molecule has 0 unspecified atom stereocenters. The van der Waals surface area contributed by atoms with E-state index >= 15 is 0 Å². The zero-order valence-corrected chi connectivity index (χ0v) is 18.1. The Morgan fingerprint density at radius 2 is 1.71 bits per heavy atom. The second kappa shape index (κ2) is 9.42. The van der Waals surface area contributed by atoms with E-state index in [4.69, 9.17) is 28.4 Å². The second-order valence-electron chi connectivity index (χ2n) is 6.56. The lowest BCUT2D eigenvalue weighted by Gasteiger charge is -2.13. The third kappa shape index (κ3) is 4.42. The number of carbonyl (C=O) groups excluding carboxylic acids is 2. The summed E-state index contributed by atoms with van der Waals surface area (Å²) >= 11 is 0. The number of carbonyl (C=O) groups is 2. The molecule has 0 bridgehead atoms. The molecule has 1 heterocycles. The van der Waals surface area contributed by atoms with E-state index in [1.165, 1.54) is 21.3 Å². The Morgan fingerprint density at radius 3 is 2.29 bits per heavy atom. The molecule has 0 amide bonds. The summed E-state index contributed by atoms with van der Waals surface area (Å²) in [5, 5.41) is 0. The highest BCUT2D eigenvalue weighted by Gasteiger charge is 2.30. The monoisotopic (exact) mass is 428 g/mol. The molecule has 1 aliphatic heterocycles. The number of benzene rings is 2. The van der Waals surface area contributed by atoms with Crippen LogP contribution in [0, 0.1) is 6.92 Å². The normalized spacial score (nSPS) is 13.5. The first-order chi connectivity index (χ1) is 14.9. The molecule has 2 aromatic rings. The standard InChI is InChI=1S/C23H24O8/c1-6-29-20(24)12-30-16-8-7-15-21(25)17(31-22(15)13(16)2)9-14-10-18(26-3)23(28-5)19(11-14)27-4/h7-11H,6,12H2,1-5H3. The summed E-state index contributed by atoms with van der Waals surface area (Å²) in [5.41, 5.74) is 1.67. The molecule has 1 aliphatic rings. The van der Waals surface area contributed by atoms with Crippen molar-refractivity contribution in [3.63, 3.8) is 0 Å². The molecule has 0 aromatic heterocycles. The van der Waals surface area contributed by atoms with Gasteiger partial charge in [0.25, 0.3) is 0 Å². The van der Waals surface area contributed by atoms with E-state index in [0.717, 1.165) is 0 Å². The number of hydrogen-bond donors (Lipinski definition) is 0. The largest absolute Gasteiger partial charge is 0.493 e. The molecule has 0 saturated carbocycles. The maximum absolute atomic E-state index is 12.9. The van der Waals surface area contributed by atoms with Gasteiger partial charge in [-0.1, -0.05) is 0 Å². The Labute approximate surface area is 180 Å². The summed E-state index contributed by atoms with van der Waals surface area (Å²) in [6.07, 6.45) is 1.60. The molecule has 0 spiro atoms. The zero-order chi connectivity index (χ0) is 22.5. The fraction of sp³-hybridized carbons (Fsp3) is 0.304. The maximum Gasteiger partial charge on any atom is 0.344 e. The van der Waals surface area contributed by atoms with E-state index in [0.29, 0.717) is 45.4 Å². The molecular formula is C23H24O8. The van der Waals surface area contributed by atoms with E-state index in [-0.39, 0.29) is 24.8 Å². The van der Waals surface area contributed by atoms with Crippen molar-refractivity contribution >= 4 is 17.8 Å². The summed E-state index contributed by atoms with van der Waals surface area (Å²) < 4.78 is 32.3. The highest BCUT2D eigenvalue weighted by atomic mass is 16.6. The van der Waals surface area contributed by atoms with Gasteiger partial charge in [-0.15, -0.1) is 0 Å². The van der Waals surface area contributed by atoms with Gasteiger partial charge in [0, 0.05) is 5.56 Å². The van der Waals surface area contributed by atoms with Gasteiger partial charge in [-0.3, -0.25) is 4.79 Å². The number of hydrogen-bond acceptors (Lipinski definition) is 8. The van der Waals surface area contributed by atoms with Crippen LogP contribution < -0.4 is 23.7 Å². The van der Waals surface area contributed by atoms with Gasteiger partial charge in [0.05, 0.1) is 33.5 Å². The Balaban J connectivity index is 1.90. The van der Waals surface area contributed by atoms with Crippen molar-refractivity contribution in [2.45, 2.75) is 13.8 Å². The topological polar surface area (TPSA) is 89.5 Å². The van der Waals surface area contributed by atoms with Crippen LogP contribution in [0.4, 0.5) is 0 Å². The van der Waals surface area contributed by atoms with Gasteiger partial charge in [0.15, 0.2) is 23.9 Å². The second-order valence-corrected chi connectivity index (χ2v) is 6.56. The third-order valence-corrected chi connectivity index (χ3v) is 4.67. The molecule has 0 aliphatic carbocycles. The Hall–Kier alpha value is -3.68. The minimum absolute atomic E-state index is 0.148. The average Bonchev–Trinajstić information content (AvgIpc) is 3.08. The number of Topliss-reactive ketones (excluding diaryl/α,β-unsaturated/α-hetero) is 1. The highest BCUT2D eigenvalue weighted by Crippen LogP contribution is 2.41. The molecule has 0 N–H and O–H groups in total. The zero-order valence-electron chi connectivity index (χ0n) is 18.1. The molecule has 0 atom stereocenters. The summed E-state index contributed by atoms with van der Waals surface area (Å²) in [4.78, 5) is 24.4. The first kappa shape index (κ1) is 22.0. The van der Waals surface area contributed by atoms with Crippen LogP contribution in [0.3, 0.4) is 0 Å². The van der Waals surface area contributed by atoms with Gasteiger partial charge in [0.1, 0.15) is 11.5 Å². The van der Waals surface area contributed by atoms with Crippen molar-refractivity contribution < 1.29 is 38.0 Å². The molecule has 164 valence electrons. The van der Waals surface area contributed by atoms with Gasteiger partial charge in [-0.25, -0.2) is 4.79 Å². The van der Waals surface area contributed by atoms with Crippen LogP contribution in [0.5, 0.6) is 28.7 Å². The molecule has 31 heavy (non-hydrogen) atoms. The van der Waals surface area contributed by atoms with Crippen molar-refractivity contribution in [3.05, 3.63) is 46.7 Å². The number of ether oxygens (including phenoxy) is 6. The van der Waals surface area contributed by atoms with E-state index in [2.05, 4.69) is 0 Å². The summed E-state index contributed by atoms with van der Waals surface area (Å²) in [7, 11) is 4.55. The summed E-state index contributed by atoms with van der Waals surface area (Å²) in [5.74, 6) is 1.62. The van der Waals surface area contributed by atoms with Gasteiger partial charge in [0.2, 0.25) is 11.5 Å².